The normalized spacial score (nSPS) is 21.5. The van der Waals surface area contributed by atoms with Crippen LogP contribution in [0.3, 0.4) is 0 Å². The highest BCUT2D eigenvalue weighted by Gasteiger charge is 2.35. The van der Waals surface area contributed by atoms with E-state index in [1.54, 1.807) is 29.1 Å². The lowest BCUT2D eigenvalue weighted by molar-refractivity contribution is 0.0351. The number of hydrogen-bond donors (Lipinski definition) is 2. The van der Waals surface area contributed by atoms with E-state index in [9.17, 15) is 14.7 Å². The zero-order valence-corrected chi connectivity index (χ0v) is 20.8. The van der Waals surface area contributed by atoms with Crippen LogP contribution in [-0.4, -0.2) is 76.8 Å². The van der Waals surface area contributed by atoms with Crippen LogP contribution in [0.2, 0.25) is 0 Å². The van der Waals surface area contributed by atoms with E-state index in [2.05, 4.69) is 10.3 Å². The molecule has 0 spiro atoms. The Labute approximate surface area is 207 Å². The number of nitrogens with one attached hydrogen (secondary N) is 1. The van der Waals surface area contributed by atoms with Crippen molar-refractivity contribution >= 4 is 11.9 Å². The molecular weight excluding hydrogens is 444 g/mol. The van der Waals surface area contributed by atoms with Crippen molar-refractivity contribution in [3.8, 4) is 17.0 Å². The number of aliphatic hydroxyl groups excluding tert-OH is 1. The summed E-state index contributed by atoms with van der Waals surface area (Å²) >= 11 is 0. The van der Waals surface area contributed by atoms with Crippen molar-refractivity contribution in [1.29, 1.82) is 0 Å². The maximum atomic E-state index is 13.6. The fourth-order valence-corrected chi connectivity index (χ4v) is 4.82. The molecule has 1 fully saturated rings. The van der Waals surface area contributed by atoms with Crippen molar-refractivity contribution in [2.45, 2.75) is 57.7 Å². The van der Waals surface area contributed by atoms with Gasteiger partial charge in [-0.1, -0.05) is 50.1 Å². The molecular formula is C27H36N4O4. The number of pyridine rings is 1. The Morgan fingerprint density at radius 3 is 2.66 bits per heavy atom. The summed E-state index contributed by atoms with van der Waals surface area (Å²) < 4.78 is 6.32. The van der Waals surface area contributed by atoms with Gasteiger partial charge in [0, 0.05) is 37.3 Å². The third-order valence-corrected chi connectivity index (χ3v) is 7.11. The standard InChI is InChI=1S/C27H36N4O4/c1-18-15-31(19(2)17-32)26(33)23-13-21(20-9-5-4-6-10-20)14-28-25(23)35-24(18)16-30(3)27(34)29-22-11-7-8-12-22/h4-6,9-10,13-14,18-19,22,24,32H,7-8,11-12,15-17H2,1-3H3,(H,29,34)/t18-,19-,24-/m1/s1. The van der Waals surface area contributed by atoms with Crippen LogP contribution in [0.1, 0.15) is 49.9 Å². The Bertz CT molecular complexity index is 1030. The summed E-state index contributed by atoms with van der Waals surface area (Å²) in [5, 5.41) is 13.0. The number of benzene rings is 1. The molecule has 1 saturated carbocycles. The molecule has 0 saturated heterocycles. The van der Waals surface area contributed by atoms with Crippen LogP contribution < -0.4 is 10.1 Å². The second-order valence-electron chi connectivity index (χ2n) is 9.88. The van der Waals surface area contributed by atoms with E-state index < -0.39 is 0 Å². The number of aliphatic hydroxyl groups is 1. The third-order valence-electron chi connectivity index (χ3n) is 7.11. The van der Waals surface area contributed by atoms with Gasteiger partial charge in [0.15, 0.2) is 0 Å². The average molecular weight is 481 g/mol. The maximum absolute atomic E-state index is 13.6. The molecule has 0 radical (unpaired) electrons. The predicted molar refractivity (Wildman–Crippen MR) is 134 cm³/mol. The number of likely N-dealkylation sites (N-methyl/N-ethyl adjacent to an activating group) is 1. The summed E-state index contributed by atoms with van der Waals surface area (Å²) in [4.78, 5) is 34.2. The monoisotopic (exact) mass is 480 g/mol. The molecule has 1 aromatic carbocycles. The van der Waals surface area contributed by atoms with Crippen LogP contribution in [-0.2, 0) is 0 Å². The molecule has 2 N–H and O–H groups in total. The van der Waals surface area contributed by atoms with Crippen molar-refractivity contribution < 1.29 is 19.4 Å². The van der Waals surface area contributed by atoms with Crippen molar-refractivity contribution in [3.63, 3.8) is 0 Å². The molecule has 8 nitrogen and oxygen atoms in total. The Hall–Kier alpha value is -3.13. The van der Waals surface area contributed by atoms with Crippen LogP contribution in [0.5, 0.6) is 5.88 Å². The van der Waals surface area contributed by atoms with E-state index in [0.29, 0.717) is 18.7 Å². The number of amides is 3. The van der Waals surface area contributed by atoms with E-state index in [-0.39, 0.29) is 48.5 Å². The Kier molecular flexibility index (Phi) is 7.90. The van der Waals surface area contributed by atoms with Gasteiger partial charge in [-0.05, 0) is 31.4 Å². The Morgan fingerprint density at radius 2 is 1.97 bits per heavy atom. The van der Waals surface area contributed by atoms with E-state index in [4.69, 9.17) is 4.74 Å². The average Bonchev–Trinajstić information content (AvgIpc) is 3.39. The van der Waals surface area contributed by atoms with Gasteiger partial charge in [0.2, 0.25) is 5.88 Å². The lowest BCUT2D eigenvalue weighted by atomic mass is 9.99. The molecule has 2 aliphatic rings. The number of nitrogens with zero attached hydrogens (tertiary/aromatic N) is 3. The number of carbonyl (C=O) groups excluding carboxylic acids is 2. The van der Waals surface area contributed by atoms with Gasteiger partial charge in [0.1, 0.15) is 11.7 Å². The lowest BCUT2D eigenvalue weighted by Crippen LogP contribution is -2.52. The van der Waals surface area contributed by atoms with Gasteiger partial charge >= 0.3 is 6.03 Å². The first kappa shape index (κ1) is 25.0. The molecule has 0 unspecified atom stereocenters. The van der Waals surface area contributed by atoms with E-state index >= 15 is 0 Å². The molecule has 1 aliphatic carbocycles. The molecule has 3 amide bonds. The topological polar surface area (TPSA) is 95.0 Å². The van der Waals surface area contributed by atoms with Gasteiger partial charge < -0.3 is 25.0 Å². The minimum absolute atomic E-state index is 0.0848. The first-order valence-corrected chi connectivity index (χ1v) is 12.5. The third kappa shape index (κ3) is 5.75. The fraction of sp³-hybridized carbons (Fsp3) is 0.519. The van der Waals surface area contributed by atoms with Gasteiger partial charge in [-0.15, -0.1) is 0 Å². The molecule has 1 aliphatic heterocycles. The second kappa shape index (κ2) is 11.1. The van der Waals surface area contributed by atoms with Crippen LogP contribution in [0.4, 0.5) is 4.79 Å². The summed E-state index contributed by atoms with van der Waals surface area (Å²) in [5.41, 5.74) is 2.13. The molecule has 1 aromatic heterocycles. The fourth-order valence-electron chi connectivity index (χ4n) is 4.82. The Balaban J connectivity index is 1.61. The zero-order chi connectivity index (χ0) is 24.9. The molecule has 4 rings (SSSR count). The minimum Gasteiger partial charge on any atom is -0.472 e. The SMILES string of the molecule is C[C@@H]1CN([C@H](C)CO)C(=O)c2cc(-c3ccccc3)cnc2O[C@@H]1CN(C)C(=O)NC1CCCC1. The first-order chi connectivity index (χ1) is 16.9. The molecule has 3 atom stereocenters. The molecule has 188 valence electrons. The van der Waals surface area contributed by atoms with E-state index in [1.807, 2.05) is 44.2 Å². The smallest absolute Gasteiger partial charge is 0.317 e. The molecule has 2 aromatic rings. The number of ether oxygens (including phenoxy) is 1. The summed E-state index contributed by atoms with van der Waals surface area (Å²) in [5.74, 6) is -0.0473. The number of hydrogen-bond acceptors (Lipinski definition) is 5. The number of carbonyl (C=O) groups is 2. The Morgan fingerprint density at radius 1 is 1.26 bits per heavy atom. The van der Waals surface area contributed by atoms with E-state index in [0.717, 1.165) is 36.8 Å². The number of aromatic nitrogens is 1. The molecule has 8 heteroatoms. The van der Waals surface area contributed by atoms with Crippen LogP contribution >= 0.6 is 0 Å². The van der Waals surface area contributed by atoms with Crippen LogP contribution in [0.15, 0.2) is 42.6 Å². The number of urea groups is 1. The van der Waals surface area contributed by atoms with Gasteiger partial charge in [0.25, 0.3) is 5.91 Å². The van der Waals surface area contributed by atoms with Gasteiger partial charge in [-0.25, -0.2) is 9.78 Å². The minimum atomic E-state index is -0.371. The number of rotatable bonds is 6. The van der Waals surface area contributed by atoms with Crippen molar-refractivity contribution in [1.82, 2.24) is 20.1 Å². The zero-order valence-electron chi connectivity index (χ0n) is 20.8. The predicted octanol–water partition coefficient (Wildman–Crippen LogP) is 3.55. The number of fused-ring (bicyclic) bond motifs is 1. The summed E-state index contributed by atoms with van der Waals surface area (Å²) in [6.07, 6.45) is 5.68. The molecule has 0 bridgehead atoms. The van der Waals surface area contributed by atoms with E-state index in [1.165, 1.54) is 0 Å². The van der Waals surface area contributed by atoms with Crippen LogP contribution in [0, 0.1) is 5.92 Å². The largest absolute Gasteiger partial charge is 0.472 e. The highest BCUT2D eigenvalue weighted by Crippen LogP contribution is 2.30. The first-order valence-electron chi connectivity index (χ1n) is 12.5. The molecule has 35 heavy (non-hydrogen) atoms. The maximum Gasteiger partial charge on any atom is 0.317 e. The quantitative estimate of drug-likeness (QED) is 0.659. The highest BCUT2D eigenvalue weighted by atomic mass is 16.5. The van der Waals surface area contributed by atoms with Gasteiger partial charge in [0.05, 0.1) is 19.2 Å². The second-order valence-corrected chi connectivity index (χ2v) is 9.88. The van der Waals surface area contributed by atoms with Crippen LogP contribution in [0.25, 0.3) is 11.1 Å². The summed E-state index contributed by atoms with van der Waals surface area (Å²) in [6, 6.07) is 11.3. The lowest BCUT2D eigenvalue weighted by Gasteiger charge is -2.37. The van der Waals surface area contributed by atoms with Gasteiger partial charge in [-0.2, -0.15) is 0 Å². The van der Waals surface area contributed by atoms with Gasteiger partial charge in [-0.3, -0.25) is 4.79 Å². The summed E-state index contributed by atoms with van der Waals surface area (Å²) in [7, 11) is 1.77. The highest BCUT2D eigenvalue weighted by molar-refractivity contribution is 5.98. The summed E-state index contributed by atoms with van der Waals surface area (Å²) in [6.45, 7) is 4.45. The van der Waals surface area contributed by atoms with Crippen molar-refractivity contribution in [2.24, 2.45) is 5.92 Å². The molecule has 2 heterocycles. The van der Waals surface area contributed by atoms with Crippen molar-refractivity contribution in [2.75, 3.05) is 26.7 Å². The van der Waals surface area contributed by atoms with Crippen molar-refractivity contribution in [3.05, 3.63) is 48.2 Å².